The Labute approximate surface area is 123 Å². The average molecular weight is 331 g/mol. The first kappa shape index (κ1) is 14.5. The van der Waals surface area contributed by atoms with Gasteiger partial charge in [-0.3, -0.25) is 0 Å². The Morgan fingerprint density at radius 2 is 2.33 bits per heavy atom. The van der Waals surface area contributed by atoms with Gasteiger partial charge >= 0.3 is 0 Å². The van der Waals surface area contributed by atoms with Gasteiger partial charge in [-0.2, -0.15) is 0 Å². The molecule has 1 aliphatic heterocycles. The summed E-state index contributed by atoms with van der Waals surface area (Å²) in [7, 11) is 0. The van der Waals surface area contributed by atoms with Crippen LogP contribution >= 0.6 is 27.3 Å². The summed E-state index contributed by atoms with van der Waals surface area (Å²) in [5, 5.41) is 7.30. The van der Waals surface area contributed by atoms with Crippen molar-refractivity contribution >= 4 is 27.3 Å². The molecule has 1 fully saturated rings. The molecule has 2 rings (SSSR count). The predicted octanol–water partition coefficient (Wildman–Crippen LogP) is 3.91. The molecule has 1 aromatic rings. The average Bonchev–Trinajstić information content (AvgIpc) is 2.60. The van der Waals surface area contributed by atoms with Gasteiger partial charge in [-0.15, -0.1) is 11.3 Å². The highest BCUT2D eigenvalue weighted by molar-refractivity contribution is 9.11. The van der Waals surface area contributed by atoms with Crippen LogP contribution in [0.4, 0.5) is 0 Å². The molecule has 0 saturated carbocycles. The van der Waals surface area contributed by atoms with Gasteiger partial charge in [-0.05, 0) is 60.8 Å². The topological polar surface area (TPSA) is 24.1 Å². The normalized spacial score (nSPS) is 22.7. The SMILES string of the molecule is CC(CC1CCCCCN1)NCc1ccc(Br)s1. The van der Waals surface area contributed by atoms with Crippen LogP contribution in [-0.2, 0) is 6.54 Å². The quantitative estimate of drug-likeness (QED) is 0.855. The Morgan fingerprint density at radius 1 is 1.44 bits per heavy atom. The van der Waals surface area contributed by atoms with Crippen molar-refractivity contribution in [2.75, 3.05) is 6.54 Å². The molecule has 0 spiro atoms. The summed E-state index contributed by atoms with van der Waals surface area (Å²) in [4.78, 5) is 1.41. The second-order valence-electron chi connectivity index (χ2n) is 5.22. The van der Waals surface area contributed by atoms with E-state index in [4.69, 9.17) is 0 Å². The van der Waals surface area contributed by atoms with E-state index in [1.165, 1.54) is 47.3 Å². The fourth-order valence-electron chi connectivity index (χ4n) is 2.53. The molecule has 1 aliphatic rings. The summed E-state index contributed by atoms with van der Waals surface area (Å²) in [6.07, 6.45) is 6.72. The summed E-state index contributed by atoms with van der Waals surface area (Å²) in [5.74, 6) is 0. The van der Waals surface area contributed by atoms with E-state index in [-0.39, 0.29) is 0 Å². The number of hydrogen-bond donors (Lipinski definition) is 2. The molecule has 0 bridgehead atoms. The maximum atomic E-state index is 3.67. The minimum atomic E-state index is 0.585. The molecule has 2 unspecified atom stereocenters. The molecule has 0 aromatic carbocycles. The maximum absolute atomic E-state index is 3.67. The predicted molar refractivity (Wildman–Crippen MR) is 83.2 cm³/mol. The zero-order valence-electron chi connectivity index (χ0n) is 11.0. The minimum absolute atomic E-state index is 0.585. The Kier molecular flexibility index (Phi) is 6.15. The molecule has 2 N–H and O–H groups in total. The molecule has 1 aromatic heterocycles. The largest absolute Gasteiger partial charge is 0.314 e. The zero-order chi connectivity index (χ0) is 12.8. The number of hydrogen-bond acceptors (Lipinski definition) is 3. The lowest BCUT2D eigenvalue weighted by Gasteiger charge is -2.21. The van der Waals surface area contributed by atoms with Gasteiger partial charge in [-0.1, -0.05) is 12.8 Å². The molecule has 4 heteroatoms. The first-order chi connectivity index (χ1) is 8.74. The van der Waals surface area contributed by atoms with Gasteiger partial charge in [0.05, 0.1) is 3.79 Å². The Bertz CT molecular complexity index is 345. The number of thiophene rings is 1. The molecule has 1 saturated heterocycles. The highest BCUT2D eigenvalue weighted by Crippen LogP contribution is 2.22. The van der Waals surface area contributed by atoms with Gasteiger partial charge in [0.1, 0.15) is 0 Å². The van der Waals surface area contributed by atoms with Crippen LogP contribution in [0, 0.1) is 0 Å². The molecular formula is C14H23BrN2S. The van der Waals surface area contributed by atoms with Crippen LogP contribution in [0.25, 0.3) is 0 Å². The van der Waals surface area contributed by atoms with Crippen molar-refractivity contribution in [3.8, 4) is 0 Å². The van der Waals surface area contributed by atoms with Crippen molar-refractivity contribution in [2.24, 2.45) is 0 Å². The van der Waals surface area contributed by atoms with Crippen LogP contribution < -0.4 is 10.6 Å². The highest BCUT2D eigenvalue weighted by Gasteiger charge is 2.14. The molecule has 18 heavy (non-hydrogen) atoms. The van der Waals surface area contributed by atoms with E-state index in [0.717, 1.165) is 6.54 Å². The zero-order valence-corrected chi connectivity index (χ0v) is 13.4. The standard InChI is InChI=1S/C14H23BrN2S/c1-11(9-12-5-3-2-4-8-16-12)17-10-13-6-7-14(15)18-13/h6-7,11-12,16-17H,2-5,8-10H2,1H3. The van der Waals surface area contributed by atoms with Crippen LogP contribution in [0.1, 0.15) is 43.9 Å². The van der Waals surface area contributed by atoms with Gasteiger partial charge in [0.25, 0.3) is 0 Å². The van der Waals surface area contributed by atoms with Crippen LogP contribution in [0.3, 0.4) is 0 Å². The summed E-state index contributed by atoms with van der Waals surface area (Å²) in [6.45, 7) is 4.49. The first-order valence-electron chi connectivity index (χ1n) is 6.95. The van der Waals surface area contributed by atoms with E-state index in [1.807, 2.05) is 11.3 Å². The second kappa shape index (κ2) is 7.63. The smallest absolute Gasteiger partial charge is 0.0701 e. The van der Waals surface area contributed by atoms with Crippen molar-refractivity contribution in [3.63, 3.8) is 0 Å². The summed E-state index contributed by atoms with van der Waals surface area (Å²) < 4.78 is 1.22. The fraction of sp³-hybridized carbons (Fsp3) is 0.714. The maximum Gasteiger partial charge on any atom is 0.0701 e. The molecule has 2 nitrogen and oxygen atoms in total. The van der Waals surface area contributed by atoms with E-state index in [2.05, 4.69) is 45.6 Å². The molecule has 2 atom stereocenters. The third-order valence-electron chi connectivity index (χ3n) is 3.55. The summed E-state index contributed by atoms with van der Waals surface area (Å²) in [6, 6.07) is 5.61. The molecular weight excluding hydrogens is 308 g/mol. The number of nitrogens with one attached hydrogen (secondary N) is 2. The van der Waals surface area contributed by atoms with E-state index in [1.54, 1.807) is 0 Å². The lowest BCUT2D eigenvalue weighted by molar-refractivity contribution is 0.403. The van der Waals surface area contributed by atoms with Crippen molar-refractivity contribution in [3.05, 3.63) is 20.8 Å². The van der Waals surface area contributed by atoms with E-state index in [0.29, 0.717) is 12.1 Å². The molecule has 0 aliphatic carbocycles. The van der Waals surface area contributed by atoms with E-state index in [9.17, 15) is 0 Å². The van der Waals surface area contributed by atoms with Crippen molar-refractivity contribution in [1.82, 2.24) is 10.6 Å². The van der Waals surface area contributed by atoms with Gasteiger partial charge < -0.3 is 10.6 Å². The number of halogens is 1. The van der Waals surface area contributed by atoms with Gasteiger partial charge in [-0.25, -0.2) is 0 Å². The van der Waals surface area contributed by atoms with Crippen molar-refractivity contribution in [2.45, 2.75) is 57.7 Å². The highest BCUT2D eigenvalue weighted by atomic mass is 79.9. The first-order valence-corrected chi connectivity index (χ1v) is 8.56. The van der Waals surface area contributed by atoms with Crippen LogP contribution in [-0.4, -0.2) is 18.6 Å². The van der Waals surface area contributed by atoms with Gasteiger partial charge in [0, 0.05) is 23.5 Å². The van der Waals surface area contributed by atoms with E-state index >= 15 is 0 Å². The lowest BCUT2D eigenvalue weighted by atomic mass is 10.0. The Hall–Kier alpha value is 0.1000. The monoisotopic (exact) mass is 330 g/mol. The lowest BCUT2D eigenvalue weighted by Crippen LogP contribution is -2.36. The third kappa shape index (κ3) is 5.00. The summed E-state index contributed by atoms with van der Waals surface area (Å²) >= 11 is 5.33. The van der Waals surface area contributed by atoms with Crippen LogP contribution in [0.5, 0.6) is 0 Å². The molecule has 0 radical (unpaired) electrons. The number of rotatable bonds is 5. The summed E-state index contributed by atoms with van der Waals surface area (Å²) in [5.41, 5.74) is 0. The second-order valence-corrected chi connectivity index (χ2v) is 7.77. The van der Waals surface area contributed by atoms with Crippen LogP contribution in [0.2, 0.25) is 0 Å². The Morgan fingerprint density at radius 3 is 3.11 bits per heavy atom. The van der Waals surface area contributed by atoms with Gasteiger partial charge in [0.2, 0.25) is 0 Å². The van der Waals surface area contributed by atoms with Crippen molar-refractivity contribution in [1.29, 1.82) is 0 Å². The van der Waals surface area contributed by atoms with E-state index < -0.39 is 0 Å². The minimum Gasteiger partial charge on any atom is -0.314 e. The Balaban J connectivity index is 1.69. The fourth-order valence-corrected chi connectivity index (χ4v) is 3.97. The van der Waals surface area contributed by atoms with Crippen molar-refractivity contribution < 1.29 is 0 Å². The molecule has 0 amide bonds. The van der Waals surface area contributed by atoms with Gasteiger partial charge in [0.15, 0.2) is 0 Å². The third-order valence-corrected chi connectivity index (χ3v) is 5.18. The van der Waals surface area contributed by atoms with Crippen LogP contribution in [0.15, 0.2) is 15.9 Å². The molecule has 102 valence electrons. The molecule has 2 heterocycles.